The van der Waals surface area contributed by atoms with Gasteiger partial charge in [-0.05, 0) is 62.7 Å². The van der Waals surface area contributed by atoms with Crippen LogP contribution < -0.4 is 4.90 Å². The molecule has 0 bridgehead atoms. The molecule has 0 aliphatic rings. The number of carbonyl (C=O) groups excluding carboxylic acids is 1. The average Bonchev–Trinajstić information content (AvgIpc) is 2.61. The van der Waals surface area contributed by atoms with Crippen molar-refractivity contribution >= 4 is 46.2 Å². The van der Waals surface area contributed by atoms with Crippen LogP contribution in [-0.4, -0.2) is 25.7 Å². The molecule has 0 atom stereocenters. The molecule has 0 aromatic heterocycles. The molecule has 2 aromatic rings. The number of rotatable bonds is 7. The molecule has 0 saturated heterocycles. The number of nitrogens with zero attached hydrogens (tertiary/aromatic N) is 3. The Bertz CT molecular complexity index is 809. The third-order valence-electron chi connectivity index (χ3n) is 3.73. The van der Waals surface area contributed by atoms with Crippen molar-refractivity contribution in [3.8, 4) is 0 Å². The van der Waals surface area contributed by atoms with Crippen LogP contribution in [0.5, 0.6) is 0 Å². The summed E-state index contributed by atoms with van der Waals surface area (Å²) in [5.74, 6) is -0.244. The van der Waals surface area contributed by atoms with E-state index in [9.17, 15) is 4.79 Å². The predicted molar refractivity (Wildman–Crippen MR) is 106 cm³/mol. The van der Waals surface area contributed by atoms with Gasteiger partial charge < -0.3 is 9.64 Å². The van der Waals surface area contributed by atoms with Gasteiger partial charge in [0.2, 0.25) is 0 Å². The lowest BCUT2D eigenvalue weighted by molar-refractivity contribution is -0.141. The van der Waals surface area contributed by atoms with E-state index in [1.807, 2.05) is 36.9 Å². The number of benzene rings is 2. The molecule has 0 N–H and O–H groups in total. The predicted octanol–water partition coefficient (Wildman–Crippen LogP) is 6.11. The van der Waals surface area contributed by atoms with Gasteiger partial charge in [-0.15, -0.1) is 5.11 Å². The van der Waals surface area contributed by atoms with E-state index in [0.717, 1.165) is 16.9 Å². The van der Waals surface area contributed by atoms with Crippen molar-refractivity contribution in [2.24, 2.45) is 10.2 Å². The second-order valence-corrected chi connectivity index (χ2v) is 6.43. The van der Waals surface area contributed by atoms with Crippen molar-refractivity contribution in [2.45, 2.75) is 20.8 Å². The Balaban J connectivity index is 2.19. The van der Waals surface area contributed by atoms with Crippen LogP contribution in [0.2, 0.25) is 10.0 Å². The minimum Gasteiger partial charge on any atom is -0.465 e. The van der Waals surface area contributed by atoms with Crippen molar-refractivity contribution in [3.63, 3.8) is 0 Å². The van der Waals surface area contributed by atoms with E-state index >= 15 is 0 Å². The third-order valence-corrected chi connectivity index (χ3v) is 4.28. The molecule has 0 spiro atoms. The molecule has 0 fully saturated rings. The maximum absolute atomic E-state index is 11.7. The fraction of sp³-hybridized carbons (Fsp3) is 0.316. The molecule has 138 valence electrons. The van der Waals surface area contributed by atoms with Crippen LogP contribution in [-0.2, 0) is 9.53 Å². The summed E-state index contributed by atoms with van der Waals surface area (Å²) in [6.07, 6.45) is 0. The molecule has 26 heavy (non-hydrogen) atoms. The molecule has 2 rings (SSSR count). The molecule has 0 amide bonds. The van der Waals surface area contributed by atoms with Gasteiger partial charge in [-0.3, -0.25) is 4.79 Å². The van der Waals surface area contributed by atoms with Crippen molar-refractivity contribution in [2.75, 3.05) is 24.6 Å². The molecular formula is C19H21Cl2N3O2. The Labute approximate surface area is 163 Å². The van der Waals surface area contributed by atoms with Crippen LogP contribution in [0.15, 0.2) is 46.6 Å². The fourth-order valence-electron chi connectivity index (χ4n) is 2.37. The molecule has 2 aromatic carbocycles. The van der Waals surface area contributed by atoms with Gasteiger partial charge >= 0.3 is 5.97 Å². The molecule has 0 radical (unpaired) electrons. The summed E-state index contributed by atoms with van der Waals surface area (Å²) in [5.41, 5.74) is 3.10. The molecule has 0 unspecified atom stereocenters. The standard InChI is InChI=1S/C19H21Cl2N3O2/c1-4-24(12-19(25)26-5-2)15-7-9-17(13(3)10-15)22-23-18-11-14(20)6-8-16(18)21/h6-11H,4-5,12H2,1-3H3. The zero-order valence-electron chi connectivity index (χ0n) is 15.0. The zero-order valence-corrected chi connectivity index (χ0v) is 16.5. The van der Waals surface area contributed by atoms with Gasteiger partial charge in [-0.25, -0.2) is 0 Å². The van der Waals surface area contributed by atoms with Crippen molar-refractivity contribution in [3.05, 3.63) is 52.0 Å². The smallest absolute Gasteiger partial charge is 0.325 e. The number of carbonyl (C=O) groups is 1. The number of aryl methyl sites for hydroxylation is 1. The van der Waals surface area contributed by atoms with Gasteiger partial charge in [0.1, 0.15) is 12.2 Å². The van der Waals surface area contributed by atoms with E-state index in [-0.39, 0.29) is 12.5 Å². The highest BCUT2D eigenvalue weighted by Crippen LogP contribution is 2.31. The fourth-order valence-corrected chi connectivity index (χ4v) is 2.69. The van der Waals surface area contributed by atoms with Crippen molar-refractivity contribution in [1.82, 2.24) is 0 Å². The number of hydrogen-bond acceptors (Lipinski definition) is 5. The van der Waals surface area contributed by atoms with E-state index < -0.39 is 0 Å². The normalized spacial score (nSPS) is 11.0. The lowest BCUT2D eigenvalue weighted by Crippen LogP contribution is -2.30. The Morgan fingerprint density at radius 1 is 1.08 bits per heavy atom. The van der Waals surface area contributed by atoms with Crippen LogP contribution >= 0.6 is 23.2 Å². The van der Waals surface area contributed by atoms with Gasteiger partial charge in [-0.2, -0.15) is 5.11 Å². The van der Waals surface area contributed by atoms with Crippen LogP contribution in [0.1, 0.15) is 19.4 Å². The summed E-state index contributed by atoms with van der Waals surface area (Å²) in [5, 5.41) is 9.49. The van der Waals surface area contributed by atoms with E-state index in [1.165, 1.54) is 0 Å². The number of esters is 1. The summed E-state index contributed by atoms with van der Waals surface area (Å²) >= 11 is 12.1. The number of ether oxygens (including phenoxy) is 1. The quantitative estimate of drug-likeness (QED) is 0.421. The molecule has 7 heteroatoms. The SMILES string of the molecule is CCOC(=O)CN(CC)c1ccc(N=Nc2cc(Cl)ccc2Cl)c(C)c1. The summed E-state index contributed by atoms with van der Waals surface area (Å²) in [4.78, 5) is 13.7. The van der Waals surface area contributed by atoms with Crippen LogP contribution in [0.25, 0.3) is 0 Å². The van der Waals surface area contributed by atoms with Crippen LogP contribution in [0.3, 0.4) is 0 Å². The molecule has 0 saturated carbocycles. The summed E-state index contributed by atoms with van der Waals surface area (Å²) in [6, 6.07) is 10.8. The van der Waals surface area contributed by atoms with Gasteiger partial charge in [0, 0.05) is 17.3 Å². The number of azo groups is 1. The van der Waals surface area contributed by atoms with Gasteiger partial charge in [0.05, 0.1) is 17.3 Å². The van der Waals surface area contributed by atoms with E-state index in [4.69, 9.17) is 27.9 Å². The Kier molecular flexibility index (Phi) is 7.42. The van der Waals surface area contributed by atoms with Gasteiger partial charge in [0.25, 0.3) is 0 Å². The van der Waals surface area contributed by atoms with E-state index in [2.05, 4.69) is 10.2 Å². The van der Waals surface area contributed by atoms with Crippen molar-refractivity contribution in [1.29, 1.82) is 0 Å². The molecule has 0 heterocycles. The zero-order chi connectivity index (χ0) is 19.1. The Hall–Kier alpha value is -2.11. The first-order chi connectivity index (χ1) is 12.4. The summed E-state index contributed by atoms with van der Waals surface area (Å²) in [7, 11) is 0. The van der Waals surface area contributed by atoms with E-state index in [1.54, 1.807) is 25.1 Å². The topological polar surface area (TPSA) is 54.3 Å². The van der Waals surface area contributed by atoms with Crippen LogP contribution in [0, 0.1) is 6.92 Å². The van der Waals surface area contributed by atoms with Gasteiger partial charge in [-0.1, -0.05) is 23.2 Å². The first-order valence-electron chi connectivity index (χ1n) is 8.32. The third kappa shape index (κ3) is 5.44. The second kappa shape index (κ2) is 9.55. The minimum absolute atomic E-state index is 0.211. The minimum atomic E-state index is -0.244. The van der Waals surface area contributed by atoms with E-state index in [0.29, 0.717) is 28.9 Å². The average molecular weight is 394 g/mol. The number of halogens is 2. The summed E-state index contributed by atoms with van der Waals surface area (Å²) in [6.45, 7) is 7.00. The highest BCUT2D eigenvalue weighted by molar-refractivity contribution is 6.35. The first kappa shape index (κ1) is 20.2. The Morgan fingerprint density at radius 2 is 1.81 bits per heavy atom. The van der Waals surface area contributed by atoms with Crippen LogP contribution in [0.4, 0.5) is 17.1 Å². The maximum Gasteiger partial charge on any atom is 0.325 e. The Morgan fingerprint density at radius 3 is 2.46 bits per heavy atom. The largest absolute Gasteiger partial charge is 0.465 e. The first-order valence-corrected chi connectivity index (χ1v) is 9.08. The lowest BCUT2D eigenvalue weighted by Gasteiger charge is -2.22. The molecule has 0 aliphatic carbocycles. The number of anilines is 1. The molecule has 5 nitrogen and oxygen atoms in total. The number of likely N-dealkylation sites (N-methyl/N-ethyl adjacent to an activating group) is 1. The van der Waals surface area contributed by atoms with Gasteiger partial charge in [0.15, 0.2) is 0 Å². The highest BCUT2D eigenvalue weighted by Gasteiger charge is 2.12. The molecule has 0 aliphatic heterocycles. The summed E-state index contributed by atoms with van der Waals surface area (Å²) < 4.78 is 5.02. The van der Waals surface area contributed by atoms with Crippen molar-refractivity contribution < 1.29 is 9.53 Å². The number of hydrogen-bond donors (Lipinski definition) is 0. The monoisotopic (exact) mass is 393 g/mol. The second-order valence-electron chi connectivity index (χ2n) is 5.59. The maximum atomic E-state index is 11.7. The highest BCUT2D eigenvalue weighted by atomic mass is 35.5. The molecular weight excluding hydrogens is 373 g/mol. The lowest BCUT2D eigenvalue weighted by atomic mass is 10.1.